The number of halogens is 3. The summed E-state index contributed by atoms with van der Waals surface area (Å²) in [6, 6.07) is 0. The summed E-state index contributed by atoms with van der Waals surface area (Å²) in [6.45, 7) is 13.0. The van der Waals surface area contributed by atoms with Crippen molar-refractivity contribution in [3.63, 3.8) is 0 Å². The summed E-state index contributed by atoms with van der Waals surface area (Å²) in [5.74, 6) is 0.347. The molecule has 4 heteroatoms. The molecule has 0 aliphatic carbocycles. The normalized spacial score (nSPS) is 10.7. The number of allylic oxidation sites excluding steroid dienone is 3. The highest BCUT2D eigenvalue weighted by molar-refractivity contribution is 5.19. The van der Waals surface area contributed by atoms with E-state index in [-0.39, 0.29) is 13.0 Å². The molecule has 0 radical (unpaired) electrons. The SMILES string of the molecule is C=C(C)/C=C\C(=C)OCCCC(F)(F)F.CC. The van der Waals surface area contributed by atoms with Crippen LogP contribution in [0.1, 0.15) is 33.6 Å². The second kappa shape index (κ2) is 10.00. The minimum absolute atomic E-state index is 0.0267. The molecule has 0 heterocycles. The summed E-state index contributed by atoms with van der Waals surface area (Å²) in [5.41, 5.74) is 0.829. The highest BCUT2D eigenvalue weighted by atomic mass is 19.4. The van der Waals surface area contributed by atoms with Crippen molar-refractivity contribution < 1.29 is 17.9 Å². The molecule has 0 N–H and O–H groups in total. The lowest BCUT2D eigenvalue weighted by Crippen LogP contribution is -2.08. The Labute approximate surface area is 102 Å². The zero-order valence-corrected chi connectivity index (χ0v) is 10.7. The number of rotatable bonds is 6. The van der Waals surface area contributed by atoms with Gasteiger partial charge in [0.05, 0.1) is 6.61 Å². The van der Waals surface area contributed by atoms with E-state index in [4.69, 9.17) is 4.74 Å². The van der Waals surface area contributed by atoms with Gasteiger partial charge in [0.15, 0.2) is 0 Å². The third kappa shape index (κ3) is 17.4. The molecule has 0 aliphatic heterocycles. The van der Waals surface area contributed by atoms with Gasteiger partial charge in [0.25, 0.3) is 0 Å². The Morgan fingerprint density at radius 2 is 1.71 bits per heavy atom. The van der Waals surface area contributed by atoms with Gasteiger partial charge in [0.1, 0.15) is 5.76 Å². The number of hydrogen-bond donors (Lipinski definition) is 0. The van der Waals surface area contributed by atoms with Gasteiger partial charge in [-0.3, -0.25) is 0 Å². The molecule has 0 fully saturated rings. The topological polar surface area (TPSA) is 9.23 Å². The minimum atomic E-state index is -4.11. The van der Waals surface area contributed by atoms with Gasteiger partial charge in [-0.05, 0) is 19.4 Å². The molecule has 1 nitrogen and oxygen atoms in total. The lowest BCUT2D eigenvalue weighted by atomic mass is 10.3. The molecule has 0 spiro atoms. The van der Waals surface area contributed by atoms with Crippen molar-refractivity contribution >= 4 is 0 Å². The van der Waals surface area contributed by atoms with Gasteiger partial charge in [-0.1, -0.05) is 38.7 Å². The highest BCUT2D eigenvalue weighted by Crippen LogP contribution is 2.21. The fourth-order valence-electron chi connectivity index (χ4n) is 0.759. The molecule has 0 unspecified atom stereocenters. The summed E-state index contributed by atoms with van der Waals surface area (Å²) in [7, 11) is 0. The van der Waals surface area contributed by atoms with E-state index in [1.165, 1.54) is 0 Å². The summed E-state index contributed by atoms with van der Waals surface area (Å²) < 4.78 is 40.2. The van der Waals surface area contributed by atoms with Crippen molar-refractivity contribution in [2.75, 3.05) is 6.61 Å². The van der Waals surface area contributed by atoms with Gasteiger partial charge in [0.2, 0.25) is 0 Å². The predicted molar refractivity (Wildman–Crippen MR) is 65.7 cm³/mol. The molecular formula is C13H21F3O. The first-order valence-corrected chi connectivity index (χ1v) is 5.53. The van der Waals surface area contributed by atoms with E-state index in [2.05, 4.69) is 13.2 Å². The van der Waals surface area contributed by atoms with E-state index >= 15 is 0 Å². The molecule has 0 aromatic carbocycles. The van der Waals surface area contributed by atoms with E-state index in [1.54, 1.807) is 19.1 Å². The zero-order valence-electron chi connectivity index (χ0n) is 10.7. The Morgan fingerprint density at radius 3 is 2.12 bits per heavy atom. The van der Waals surface area contributed by atoms with Crippen LogP contribution in [-0.2, 0) is 4.74 Å². The smallest absolute Gasteiger partial charge is 0.389 e. The maximum atomic E-state index is 11.7. The summed E-state index contributed by atoms with van der Waals surface area (Å²) in [5, 5.41) is 0. The zero-order chi connectivity index (χ0) is 13.9. The Hall–Kier alpha value is -1.19. The number of ether oxygens (including phenoxy) is 1. The van der Waals surface area contributed by atoms with Crippen LogP contribution in [0.2, 0.25) is 0 Å². The molecular weight excluding hydrogens is 229 g/mol. The van der Waals surface area contributed by atoms with Crippen LogP contribution in [-0.4, -0.2) is 12.8 Å². The number of hydrogen-bond acceptors (Lipinski definition) is 1. The summed E-state index contributed by atoms with van der Waals surface area (Å²) in [6.07, 6.45) is -1.73. The van der Waals surface area contributed by atoms with Crippen molar-refractivity contribution in [3.05, 3.63) is 36.6 Å². The van der Waals surface area contributed by atoms with Crippen molar-refractivity contribution in [3.8, 4) is 0 Å². The van der Waals surface area contributed by atoms with Gasteiger partial charge in [-0.25, -0.2) is 0 Å². The van der Waals surface area contributed by atoms with Crippen LogP contribution in [0.15, 0.2) is 36.6 Å². The van der Waals surface area contributed by atoms with Crippen LogP contribution < -0.4 is 0 Å². The van der Waals surface area contributed by atoms with Crippen molar-refractivity contribution in [2.45, 2.75) is 39.8 Å². The van der Waals surface area contributed by atoms with Crippen LogP contribution in [0, 0.1) is 0 Å². The Kier molecular flexibility index (Phi) is 10.7. The van der Waals surface area contributed by atoms with Crippen LogP contribution in [0.4, 0.5) is 13.2 Å². The molecule has 0 rings (SSSR count). The first-order chi connectivity index (χ1) is 7.81. The molecule has 17 heavy (non-hydrogen) atoms. The highest BCUT2D eigenvalue weighted by Gasteiger charge is 2.25. The fraction of sp³-hybridized carbons (Fsp3) is 0.538. The van der Waals surface area contributed by atoms with E-state index < -0.39 is 12.6 Å². The summed E-state index contributed by atoms with van der Waals surface area (Å²) in [4.78, 5) is 0. The standard InChI is InChI=1S/C11H15F3O.C2H6/c1-9(2)5-6-10(3)15-8-4-7-11(12,13)14;1-2/h5-6H,1,3-4,7-8H2,2H3;1-2H3/b6-5-;. The van der Waals surface area contributed by atoms with Gasteiger partial charge < -0.3 is 4.74 Å². The first kappa shape index (κ1) is 18.2. The lowest BCUT2D eigenvalue weighted by molar-refractivity contribution is -0.137. The van der Waals surface area contributed by atoms with Gasteiger partial charge in [0, 0.05) is 6.42 Å². The van der Waals surface area contributed by atoms with Crippen LogP contribution in [0.5, 0.6) is 0 Å². The molecule has 100 valence electrons. The largest absolute Gasteiger partial charge is 0.494 e. The maximum absolute atomic E-state index is 11.7. The average molecular weight is 250 g/mol. The van der Waals surface area contributed by atoms with Crippen LogP contribution in [0.3, 0.4) is 0 Å². The van der Waals surface area contributed by atoms with Gasteiger partial charge in [-0.2, -0.15) is 13.2 Å². The molecule has 0 aromatic heterocycles. The third-order valence-corrected chi connectivity index (χ3v) is 1.45. The van der Waals surface area contributed by atoms with E-state index in [9.17, 15) is 13.2 Å². The van der Waals surface area contributed by atoms with Crippen molar-refractivity contribution in [1.29, 1.82) is 0 Å². The number of alkyl halides is 3. The monoisotopic (exact) mass is 250 g/mol. The Morgan fingerprint density at radius 1 is 1.18 bits per heavy atom. The van der Waals surface area contributed by atoms with Gasteiger partial charge in [-0.15, -0.1) is 0 Å². The second-order valence-electron chi connectivity index (χ2n) is 3.21. The summed E-state index contributed by atoms with van der Waals surface area (Å²) >= 11 is 0. The van der Waals surface area contributed by atoms with Crippen molar-refractivity contribution in [1.82, 2.24) is 0 Å². The quantitative estimate of drug-likeness (QED) is 0.365. The fourth-order valence-corrected chi connectivity index (χ4v) is 0.759. The molecule has 0 bridgehead atoms. The van der Waals surface area contributed by atoms with Crippen molar-refractivity contribution in [2.24, 2.45) is 0 Å². The molecule has 0 amide bonds. The second-order valence-corrected chi connectivity index (χ2v) is 3.21. The predicted octanol–water partition coefficient (Wildman–Crippen LogP) is 5.02. The van der Waals surface area contributed by atoms with E-state index in [1.807, 2.05) is 13.8 Å². The molecule has 0 aliphatic rings. The van der Waals surface area contributed by atoms with E-state index in [0.29, 0.717) is 5.76 Å². The molecule has 0 saturated carbocycles. The average Bonchev–Trinajstić information content (AvgIpc) is 2.23. The van der Waals surface area contributed by atoms with Gasteiger partial charge >= 0.3 is 6.18 Å². The molecule has 0 saturated heterocycles. The Balaban J connectivity index is 0. The van der Waals surface area contributed by atoms with E-state index in [0.717, 1.165) is 5.57 Å². The third-order valence-electron chi connectivity index (χ3n) is 1.45. The Bertz CT molecular complexity index is 252. The van der Waals surface area contributed by atoms with Crippen LogP contribution in [0.25, 0.3) is 0 Å². The first-order valence-electron chi connectivity index (χ1n) is 5.53. The maximum Gasteiger partial charge on any atom is 0.389 e. The molecule has 0 atom stereocenters. The molecule has 0 aromatic rings. The van der Waals surface area contributed by atoms with Crippen LogP contribution >= 0.6 is 0 Å². The minimum Gasteiger partial charge on any atom is -0.494 e. The lowest BCUT2D eigenvalue weighted by Gasteiger charge is -2.07.